The average Bonchev–Trinajstić information content (AvgIpc) is 2.11. The predicted octanol–water partition coefficient (Wildman–Crippen LogP) is 2.67. The zero-order chi connectivity index (χ0) is 11.1. The molecular formula is C12H21NO. The lowest BCUT2D eigenvalue weighted by atomic mass is 10.1. The third-order valence-corrected chi connectivity index (χ3v) is 2.08. The van der Waals surface area contributed by atoms with E-state index in [2.05, 4.69) is 18.5 Å². The molecule has 0 aliphatic heterocycles. The Balaban J connectivity index is 3.52. The lowest BCUT2D eigenvalue weighted by Gasteiger charge is -2.08. The first-order chi connectivity index (χ1) is 6.45. The van der Waals surface area contributed by atoms with Crippen LogP contribution in [0.5, 0.6) is 0 Å². The fraction of sp³-hybridized carbons (Fsp3) is 0.583. The molecule has 2 nitrogen and oxygen atoms in total. The van der Waals surface area contributed by atoms with E-state index in [0.717, 1.165) is 30.5 Å². The molecule has 80 valence electrons. The van der Waals surface area contributed by atoms with Crippen molar-refractivity contribution in [2.75, 3.05) is 6.54 Å². The van der Waals surface area contributed by atoms with Crippen molar-refractivity contribution in [3.63, 3.8) is 0 Å². The molecule has 0 saturated carbocycles. The summed E-state index contributed by atoms with van der Waals surface area (Å²) in [5.74, 6) is 0.185. The molecule has 0 aromatic carbocycles. The number of amides is 1. The molecule has 1 N–H and O–H groups in total. The molecule has 0 rings (SSSR count). The Kier molecular flexibility index (Phi) is 5.93. The highest BCUT2D eigenvalue weighted by atomic mass is 16.1. The first kappa shape index (κ1) is 12.9. The Labute approximate surface area is 87.1 Å². The maximum atomic E-state index is 11.2. The first-order valence-electron chi connectivity index (χ1n) is 5.06. The Hall–Kier alpha value is -1.05. The van der Waals surface area contributed by atoms with Crippen molar-refractivity contribution in [3.8, 4) is 0 Å². The second-order valence-corrected chi connectivity index (χ2v) is 3.93. The van der Waals surface area contributed by atoms with Gasteiger partial charge in [0.1, 0.15) is 0 Å². The van der Waals surface area contributed by atoms with Crippen LogP contribution in [-0.4, -0.2) is 12.5 Å². The van der Waals surface area contributed by atoms with Crippen LogP contribution in [0.2, 0.25) is 0 Å². The predicted molar refractivity (Wildman–Crippen MR) is 61.0 cm³/mol. The van der Waals surface area contributed by atoms with Crippen LogP contribution in [-0.2, 0) is 4.79 Å². The van der Waals surface area contributed by atoms with Crippen LogP contribution in [0, 0.1) is 5.92 Å². The van der Waals surface area contributed by atoms with E-state index in [4.69, 9.17) is 0 Å². The van der Waals surface area contributed by atoms with Gasteiger partial charge in [-0.25, -0.2) is 0 Å². The monoisotopic (exact) mass is 195 g/mol. The van der Waals surface area contributed by atoms with Gasteiger partial charge in [-0.2, -0.15) is 0 Å². The average molecular weight is 195 g/mol. The third-order valence-electron chi connectivity index (χ3n) is 2.08. The number of rotatable bonds is 6. The summed E-state index contributed by atoms with van der Waals surface area (Å²) >= 11 is 0. The number of carbonyl (C=O) groups is 1. The number of hydrogen-bond donors (Lipinski definition) is 1. The second-order valence-electron chi connectivity index (χ2n) is 3.93. The van der Waals surface area contributed by atoms with Crippen LogP contribution in [0.4, 0.5) is 0 Å². The Morgan fingerprint density at radius 1 is 1.36 bits per heavy atom. The van der Waals surface area contributed by atoms with E-state index in [1.54, 1.807) is 0 Å². The fourth-order valence-electron chi connectivity index (χ4n) is 0.931. The van der Waals surface area contributed by atoms with Crippen molar-refractivity contribution < 1.29 is 4.79 Å². The first-order valence-corrected chi connectivity index (χ1v) is 5.06. The molecule has 0 aliphatic carbocycles. The third kappa shape index (κ3) is 5.57. The van der Waals surface area contributed by atoms with Crippen molar-refractivity contribution >= 4 is 5.91 Å². The van der Waals surface area contributed by atoms with Crippen LogP contribution in [0.1, 0.15) is 33.6 Å². The topological polar surface area (TPSA) is 29.1 Å². The normalized spacial score (nSPS) is 10.0. The molecule has 0 aromatic heterocycles. The molecule has 0 bridgehead atoms. The zero-order valence-corrected chi connectivity index (χ0v) is 9.52. The van der Waals surface area contributed by atoms with Gasteiger partial charge in [0.2, 0.25) is 5.91 Å². The molecular weight excluding hydrogens is 174 g/mol. The standard InChI is InChI=1S/C12H21NO/c1-9(2)11(5)7-6-8-13-12(14)10(3)4/h10H,1,5-8H2,2-4H3,(H,13,14). The van der Waals surface area contributed by atoms with Crippen molar-refractivity contribution in [1.82, 2.24) is 5.32 Å². The summed E-state index contributed by atoms with van der Waals surface area (Å²) in [6.45, 7) is 14.2. The van der Waals surface area contributed by atoms with Gasteiger partial charge < -0.3 is 5.32 Å². The Bertz CT molecular complexity index is 228. The van der Waals surface area contributed by atoms with Gasteiger partial charge in [0.15, 0.2) is 0 Å². The maximum absolute atomic E-state index is 11.2. The number of nitrogens with one attached hydrogen (secondary N) is 1. The van der Waals surface area contributed by atoms with Crippen molar-refractivity contribution in [2.24, 2.45) is 5.92 Å². The maximum Gasteiger partial charge on any atom is 0.222 e. The molecule has 0 atom stereocenters. The largest absolute Gasteiger partial charge is 0.356 e. The van der Waals surface area contributed by atoms with E-state index in [-0.39, 0.29) is 11.8 Å². The molecule has 0 heterocycles. The van der Waals surface area contributed by atoms with E-state index in [0.29, 0.717) is 0 Å². The van der Waals surface area contributed by atoms with Gasteiger partial charge in [-0.3, -0.25) is 4.79 Å². The summed E-state index contributed by atoms with van der Waals surface area (Å²) in [7, 11) is 0. The summed E-state index contributed by atoms with van der Waals surface area (Å²) in [5.41, 5.74) is 2.10. The molecule has 0 aliphatic rings. The van der Waals surface area contributed by atoms with E-state index in [1.165, 1.54) is 0 Å². The van der Waals surface area contributed by atoms with Crippen molar-refractivity contribution in [1.29, 1.82) is 0 Å². The van der Waals surface area contributed by atoms with Crippen LogP contribution in [0.3, 0.4) is 0 Å². The van der Waals surface area contributed by atoms with E-state index in [9.17, 15) is 4.79 Å². The van der Waals surface area contributed by atoms with E-state index in [1.807, 2.05) is 20.8 Å². The minimum absolute atomic E-state index is 0.0688. The fourth-order valence-corrected chi connectivity index (χ4v) is 0.931. The number of carbonyl (C=O) groups excluding carboxylic acids is 1. The highest BCUT2D eigenvalue weighted by molar-refractivity contribution is 5.77. The summed E-state index contributed by atoms with van der Waals surface area (Å²) < 4.78 is 0. The lowest BCUT2D eigenvalue weighted by Crippen LogP contribution is -2.28. The quantitative estimate of drug-likeness (QED) is 0.512. The summed E-state index contributed by atoms with van der Waals surface area (Å²) in [6.07, 6.45) is 1.85. The highest BCUT2D eigenvalue weighted by Gasteiger charge is 2.04. The summed E-state index contributed by atoms with van der Waals surface area (Å²) in [4.78, 5) is 11.2. The molecule has 0 aromatic rings. The number of hydrogen-bond acceptors (Lipinski definition) is 1. The minimum atomic E-state index is 0.0688. The van der Waals surface area contributed by atoms with Crippen LogP contribution >= 0.6 is 0 Å². The molecule has 0 unspecified atom stereocenters. The van der Waals surface area contributed by atoms with Gasteiger partial charge in [0.25, 0.3) is 0 Å². The molecule has 2 heteroatoms. The van der Waals surface area contributed by atoms with E-state index < -0.39 is 0 Å². The Morgan fingerprint density at radius 2 is 1.93 bits per heavy atom. The van der Waals surface area contributed by atoms with Gasteiger partial charge >= 0.3 is 0 Å². The zero-order valence-electron chi connectivity index (χ0n) is 9.52. The van der Waals surface area contributed by atoms with Crippen LogP contribution in [0.15, 0.2) is 24.3 Å². The molecule has 0 fully saturated rings. The van der Waals surface area contributed by atoms with Gasteiger partial charge in [0.05, 0.1) is 0 Å². The minimum Gasteiger partial charge on any atom is -0.356 e. The summed E-state index contributed by atoms with van der Waals surface area (Å²) in [5, 5.41) is 2.87. The van der Waals surface area contributed by atoms with E-state index >= 15 is 0 Å². The molecule has 0 saturated heterocycles. The van der Waals surface area contributed by atoms with Crippen molar-refractivity contribution in [3.05, 3.63) is 24.3 Å². The van der Waals surface area contributed by atoms with Gasteiger partial charge in [0, 0.05) is 12.5 Å². The molecule has 1 amide bonds. The molecule has 0 spiro atoms. The van der Waals surface area contributed by atoms with Crippen molar-refractivity contribution in [2.45, 2.75) is 33.6 Å². The molecule has 0 radical (unpaired) electrons. The van der Waals surface area contributed by atoms with Crippen LogP contribution in [0.25, 0.3) is 0 Å². The summed E-state index contributed by atoms with van der Waals surface area (Å²) in [6, 6.07) is 0. The Morgan fingerprint density at radius 3 is 2.36 bits per heavy atom. The van der Waals surface area contributed by atoms with Gasteiger partial charge in [-0.1, -0.05) is 38.2 Å². The molecule has 14 heavy (non-hydrogen) atoms. The SMILES string of the molecule is C=C(C)C(=C)CCCNC(=O)C(C)C. The lowest BCUT2D eigenvalue weighted by molar-refractivity contribution is -0.123. The highest BCUT2D eigenvalue weighted by Crippen LogP contribution is 2.10. The van der Waals surface area contributed by atoms with Crippen LogP contribution < -0.4 is 5.32 Å². The van der Waals surface area contributed by atoms with Gasteiger partial charge in [-0.05, 0) is 19.8 Å². The number of allylic oxidation sites excluding steroid dienone is 2. The van der Waals surface area contributed by atoms with Gasteiger partial charge in [-0.15, -0.1) is 0 Å². The smallest absolute Gasteiger partial charge is 0.222 e. The second kappa shape index (κ2) is 6.41.